The van der Waals surface area contributed by atoms with Crippen LogP contribution in [0.15, 0.2) is 61.3 Å². The van der Waals surface area contributed by atoms with E-state index < -0.39 is 11.9 Å². The second kappa shape index (κ2) is 10.6. The molecule has 0 aliphatic heterocycles. The summed E-state index contributed by atoms with van der Waals surface area (Å²) in [5.41, 5.74) is 1.59. The van der Waals surface area contributed by atoms with Gasteiger partial charge in [0.15, 0.2) is 11.6 Å². The Labute approximate surface area is 189 Å². The maximum atomic E-state index is 14.3. The topological polar surface area (TPSA) is 108 Å². The van der Waals surface area contributed by atoms with E-state index in [-0.39, 0.29) is 24.3 Å². The van der Waals surface area contributed by atoms with Gasteiger partial charge in [-0.15, -0.1) is 0 Å². The van der Waals surface area contributed by atoms with E-state index in [4.69, 9.17) is 21.4 Å². The first-order valence-corrected chi connectivity index (χ1v) is 9.93. The van der Waals surface area contributed by atoms with Crippen molar-refractivity contribution in [2.24, 2.45) is 0 Å². The molecule has 1 amide bonds. The standard InChI is InChI=1S/C22H21ClFN5O3/c1-3-20(31)26-14-5-4-6-15(9-14)27-21-18(24)11-25-22(29-21)28-16-7-8-19(17(23)10-16)32-13(2)12-30/h3-11,13,30H,1,12H2,2H3,(H,26,31)(H2,25,27,28,29)/t13-/m1/s1. The van der Waals surface area contributed by atoms with Crippen molar-refractivity contribution in [1.29, 1.82) is 0 Å². The number of aliphatic hydroxyl groups is 1. The van der Waals surface area contributed by atoms with Crippen molar-refractivity contribution in [3.63, 3.8) is 0 Å². The van der Waals surface area contributed by atoms with Gasteiger partial charge in [-0.25, -0.2) is 9.37 Å². The fourth-order valence-corrected chi connectivity index (χ4v) is 2.80. The molecule has 166 valence electrons. The highest BCUT2D eigenvalue weighted by Gasteiger charge is 2.11. The van der Waals surface area contributed by atoms with Crippen LogP contribution in [-0.4, -0.2) is 33.7 Å². The highest BCUT2D eigenvalue weighted by Crippen LogP contribution is 2.30. The van der Waals surface area contributed by atoms with Gasteiger partial charge in [-0.3, -0.25) is 4.79 Å². The smallest absolute Gasteiger partial charge is 0.247 e. The van der Waals surface area contributed by atoms with Crippen LogP contribution in [0.2, 0.25) is 5.02 Å². The van der Waals surface area contributed by atoms with Crippen molar-refractivity contribution in [3.05, 3.63) is 72.2 Å². The summed E-state index contributed by atoms with van der Waals surface area (Å²) in [6.45, 7) is 4.98. The van der Waals surface area contributed by atoms with Crippen molar-refractivity contribution in [1.82, 2.24) is 9.97 Å². The minimum Gasteiger partial charge on any atom is -0.487 e. The fraction of sp³-hybridized carbons (Fsp3) is 0.136. The molecule has 0 fully saturated rings. The van der Waals surface area contributed by atoms with Gasteiger partial charge in [0, 0.05) is 17.1 Å². The second-order valence-corrected chi connectivity index (χ2v) is 7.08. The number of benzene rings is 2. The molecule has 0 unspecified atom stereocenters. The lowest BCUT2D eigenvalue weighted by Crippen LogP contribution is -2.16. The van der Waals surface area contributed by atoms with Gasteiger partial charge in [0.2, 0.25) is 11.9 Å². The molecule has 0 bridgehead atoms. The van der Waals surface area contributed by atoms with Gasteiger partial charge in [-0.05, 0) is 49.4 Å². The Morgan fingerprint density at radius 2 is 2.00 bits per heavy atom. The predicted octanol–water partition coefficient (Wildman–Crippen LogP) is 4.64. The summed E-state index contributed by atoms with van der Waals surface area (Å²) < 4.78 is 19.8. The van der Waals surface area contributed by atoms with E-state index in [0.29, 0.717) is 27.8 Å². The van der Waals surface area contributed by atoms with Crippen LogP contribution < -0.4 is 20.7 Å². The first kappa shape index (κ1) is 23.0. The van der Waals surface area contributed by atoms with Crippen LogP contribution in [0.3, 0.4) is 0 Å². The van der Waals surface area contributed by atoms with Crippen LogP contribution in [0.1, 0.15) is 6.92 Å². The SMILES string of the molecule is C=CC(=O)Nc1cccc(Nc2nc(Nc3ccc(O[C@H](C)CO)c(Cl)c3)ncc2F)c1. The van der Waals surface area contributed by atoms with Gasteiger partial charge in [0.25, 0.3) is 0 Å². The monoisotopic (exact) mass is 457 g/mol. The number of anilines is 5. The molecular formula is C22H21ClFN5O3. The maximum absolute atomic E-state index is 14.3. The van der Waals surface area contributed by atoms with Crippen molar-refractivity contribution < 1.29 is 19.0 Å². The number of aliphatic hydroxyl groups excluding tert-OH is 1. The molecule has 0 aliphatic carbocycles. The Morgan fingerprint density at radius 1 is 1.25 bits per heavy atom. The zero-order valence-corrected chi connectivity index (χ0v) is 17.9. The fourth-order valence-electron chi connectivity index (χ4n) is 2.58. The third-order valence-electron chi connectivity index (χ3n) is 4.10. The molecule has 2 aromatic carbocycles. The Balaban J connectivity index is 1.75. The molecule has 1 aromatic heterocycles. The van der Waals surface area contributed by atoms with E-state index in [1.165, 1.54) is 0 Å². The van der Waals surface area contributed by atoms with Gasteiger partial charge in [0.1, 0.15) is 11.9 Å². The van der Waals surface area contributed by atoms with Crippen LogP contribution in [0.25, 0.3) is 0 Å². The van der Waals surface area contributed by atoms with Gasteiger partial charge in [-0.2, -0.15) is 4.98 Å². The summed E-state index contributed by atoms with van der Waals surface area (Å²) in [6.07, 6.45) is 1.78. The zero-order valence-electron chi connectivity index (χ0n) is 17.1. The molecule has 3 rings (SSSR count). The van der Waals surface area contributed by atoms with E-state index in [0.717, 1.165) is 12.3 Å². The molecule has 3 aromatic rings. The number of hydrogen-bond acceptors (Lipinski definition) is 7. The molecule has 1 heterocycles. The Bertz CT molecular complexity index is 1130. The first-order chi connectivity index (χ1) is 15.4. The molecule has 8 nitrogen and oxygen atoms in total. The van der Waals surface area contributed by atoms with E-state index in [1.54, 1.807) is 49.4 Å². The second-order valence-electron chi connectivity index (χ2n) is 6.67. The third-order valence-corrected chi connectivity index (χ3v) is 4.39. The molecule has 32 heavy (non-hydrogen) atoms. The van der Waals surface area contributed by atoms with Crippen molar-refractivity contribution in [2.45, 2.75) is 13.0 Å². The number of aromatic nitrogens is 2. The molecular weight excluding hydrogens is 437 g/mol. The van der Waals surface area contributed by atoms with Crippen LogP contribution in [0.4, 0.5) is 33.2 Å². The summed E-state index contributed by atoms with van der Waals surface area (Å²) in [6, 6.07) is 11.6. The van der Waals surface area contributed by atoms with E-state index in [2.05, 4.69) is 32.5 Å². The lowest BCUT2D eigenvalue weighted by Gasteiger charge is -2.14. The lowest BCUT2D eigenvalue weighted by atomic mass is 10.2. The van der Waals surface area contributed by atoms with Crippen molar-refractivity contribution in [2.75, 3.05) is 22.6 Å². The minimum absolute atomic E-state index is 0.0579. The average Bonchev–Trinajstić information content (AvgIpc) is 2.78. The van der Waals surface area contributed by atoms with Crippen molar-refractivity contribution in [3.8, 4) is 5.75 Å². The first-order valence-electron chi connectivity index (χ1n) is 9.55. The molecule has 0 saturated carbocycles. The van der Waals surface area contributed by atoms with Gasteiger partial charge >= 0.3 is 0 Å². The Kier molecular flexibility index (Phi) is 7.58. The Morgan fingerprint density at radius 3 is 2.72 bits per heavy atom. The van der Waals surface area contributed by atoms with Crippen LogP contribution in [0.5, 0.6) is 5.75 Å². The number of nitrogens with zero attached hydrogens (tertiary/aromatic N) is 2. The van der Waals surface area contributed by atoms with Crippen LogP contribution in [-0.2, 0) is 4.79 Å². The summed E-state index contributed by atoms with van der Waals surface area (Å²) in [5, 5.41) is 17.9. The van der Waals surface area contributed by atoms with Crippen molar-refractivity contribution >= 4 is 46.3 Å². The highest BCUT2D eigenvalue weighted by atomic mass is 35.5. The number of hydrogen-bond donors (Lipinski definition) is 4. The van der Waals surface area contributed by atoms with Gasteiger partial charge in [0.05, 0.1) is 17.8 Å². The molecule has 1 atom stereocenters. The summed E-state index contributed by atoms with van der Waals surface area (Å²) >= 11 is 6.23. The summed E-state index contributed by atoms with van der Waals surface area (Å²) in [7, 11) is 0. The molecule has 10 heteroatoms. The number of amides is 1. The number of halogens is 2. The quantitative estimate of drug-likeness (QED) is 0.346. The van der Waals surface area contributed by atoms with Crippen LogP contribution >= 0.6 is 11.6 Å². The normalized spacial score (nSPS) is 11.4. The van der Waals surface area contributed by atoms with E-state index in [9.17, 15) is 9.18 Å². The number of ether oxygens (including phenoxy) is 1. The Hall–Kier alpha value is -3.69. The number of rotatable bonds is 9. The largest absolute Gasteiger partial charge is 0.487 e. The van der Waals surface area contributed by atoms with Gasteiger partial charge < -0.3 is 25.8 Å². The lowest BCUT2D eigenvalue weighted by molar-refractivity contribution is -0.111. The summed E-state index contributed by atoms with van der Waals surface area (Å²) in [4.78, 5) is 19.6. The van der Waals surface area contributed by atoms with E-state index in [1.807, 2.05) is 0 Å². The molecule has 0 radical (unpaired) electrons. The van der Waals surface area contributed by atoms with Gasteiger partial charge in [-0.1, -0.05) is 24.2 Å². The molecule has 0 aliphatic rings. The predicted molar refractivity (Wildman–Crippen MR) is 122 cm³/mol. The molecule has 0 spiro atoms. The number of carbonyl (C=O) groups excluding carboxylic acids is 1. The van der Waals surface area contributed by atoms with E-state index >= 15 is 0 Å². The van der Waals surface area contributed by atoms with Crippen LogP contribution in [0, 0.1) is 5.82 Å². The third kappa shape index (κ3) is 6.16. The molecule has 4 N–H and O–H groups in total. The molecule has 0 saturated heterocycles. The zero-order chi connectivity index (χ0) is 23.1. The maximum Gasteiger partial charge on any atom is 0.247 e. The highest BCUT2D eigenvalue weighted by molar-refractivity contribution is 6.32. The average molecular weight is 458 g/mol. The minimum atomic E-state index is -0.657. The number of carbonyl (C=O) groups is 1. The summed E-state index contributed by atoms with van der Waals surface area (Å²) in [5.74, 6) is -0.515. The number of nitrogens with one attached hydrogen (secondary N) is 3.